The van der Waals surface area contributed by atoms with Crippen molar-refractivity contribution in [2.45, 2.75) is 31.0 Å². The number of nitrogen functional groups attached to an aromatic ring is 1. The third-order valence-corrected chi connectivity index (χ3v) is 3.79. The number of aromatic nitrogens is 3. The summed E-state index contributed by atoms with van der Waals surface area (Å²) in [6, 6.07) is 1.43. The summed E-state index contributed by atoms with van der Waals surface area (Å²) in [6.07, 6.45) is -2.78. The van der Waals surface area contributed by atoms with Gasteiger partial charge in [-0.05, 0) is 13.0 Å². The van der Waals surface area contributed by atoms with Gasteiger partial charge in [-0.3, -0.25) is 9.78 Å². The quantitative estimate of drug-likeness (QED) is 0.541. The van der Waals surface area contributed by atoms with Gasteiger partial charge in [0.05, 0.1) is 12.0 Å². The van der Waals surface area contributed by atoms with Crippen LogP contribution in [0, 0.1) is 11.8 Å². The van der Waals surface area contributed by atoms with E-state index in [1.807, 2.05) is 0 Å². The van der Waals surface area contributed by atoms with Crippen molar-refractivity contribution in [1.82, 2.24) is 14.5 Å². The second-order valence-corrected chi connectivity index (χ2v) is 5.21. The molecule has 0 radical (unpaired) electrons. The van der Waals surface area contributed by atoms with Gasteiger partial charge in [0.25, 0.3) is 5.56 Å². The van der Waals surface area contributed by atoms with E-state index in [1.165, 1.54) is 23.8 Å². The lowest BCUT2D eigenvalue weighted by Crippen LogP contribution is -2.42. The minimum Gasteiger partial charge on any atom is -0.394 e. The Morgan fingerprint density at radius 2 is 2.39 bits per heavy atom. The van der Waals surface area contributed by atoms with Crippen molar-refractivity contribution in [2.75, 3.05) is 12.3 Å². The number of nitrogens with two attached hydrogens (primary N) is 1. The molecule has 1 unspecified atom stereocenters. The van der Waals surface area contributed by atoms with Gasteiger partial charge in [-0.25, -0.2) is 4.39 Å². The molecule has 122 valence electrons. The highest BCUT2D eigenvalue weighted by Gasteiger charge is 2.57. The van der Waals surface area contributed by atoms with Crippen molar-refractivity contribution in [3.8, 4) is 11.8 Å². The maximum Gasteiger partial charge on any atom is 0.261 e. The lowest BCUT2D eigenvalue weighted by Gasteiger charge is -2.24. The smallest absolute Gasteiger partial charge is 0.261 e. The average Bonchev–Trinajstić information content (AvgIpc) is 3.01. The van der Waals surface area contributed by atoms with Crippen LogP contribution in [0.1, 0.15) is 13.2 Å². The van der Waals surface area contributed by atoms with E-state index in [1.54, 1.807) is 0 Å². The number of fused-ring (bicyclic) bond motifs is 1. The van der Waals surface area contributed by atoms with Crippen LogP contribution < -0.4 is 11.3 Å². The molecular formula is C14H15FN4O4. The molecule has 0 bridgehead atoms. The Bertz CT molecular complexity index is 867. The number of H-pyrrole nitrogens is 1. The first-order valence-corrected chi connectivity index (χ1v) is 6.86. The van der Waals surface area contributed by atoms with Crippen LogP contribution in [-0.4, -0.2) is 49.2 Å². The van der Waals surface area contributed by atoms with Gasteiger partial charge in [-0.1, -0.05) is 5.92 Å². The van der Waals surface area contributed by atoms with Gasteiger partial charge < -0.3 is 25.3 Å². The zero-order chi connectivity index (χ0) is 16.8. The van der Waals surface area contributed by atoms with Gasteiger partial charge in [0, 0.05) is 6.20 Å². The molecule has 8 nitrogen and oxygen atoms in total. The number of ether oxygens (including phenoxy) is 1. The molecule has 1 fully saturated rings. The molecular weight excluding hydrogens is 307 g/mol. The Morgan fingerprint density at radius 1 is 1.65 bits per heavy atom. The fourth-order valence-corrected chi connectivity index (χ4v) is 2.74. The number of hydrogen-bond acceptors (Lipinski definition) is 6. The van der Waals surface area contributed by atoms with E-state index in [4.69, 9.17) is 10.5 Å². The summed E-state index contributed by atoms with van der Waals surface area (Å²) in [5, 5.41) is 19.5. The number of nitrogens with one attached hydrogen (secondary N) is 1. The number of halogens is 1. The van der Waals surface area contributed by atoms with Crippen LogP contribution >= 0.6 is 0 Å². The number of aromatic amines is 1. The van der Waals surface area contributed by atoms with E-state index in [0.29, 0.717) is 0 Å². The number of aliphatic hydroxyl groups is 2. The first-order valence-electron chi connectivity index (χ1n) is 6.86. The minimum absolute atomic E-state index is 0.0990. The normalized spacial score (nSPS) is 30.3. The molecule has 2 aromatic rings. The number of hydrogen-bond donors (Lipinski definition) is 4. The van der Waals surface area contributed by atoms with Crippen molar-refractivity contribution in [3.05, 3.63) is 22.6 Å². The Labute approximate surface area is 129 Å². The summed E-state index contributed by atoms with van der Waals surface area (Å²) in [5.41, 5.74) is 2.68. The van der Waals surface area contributed by atoms with E-state index >= 15 is 4.39 Å². The molecule has 4 atom stereocenters. The van der Waals surface area contributed by atoms with E-state index < -0.39 is 36.3 Å². The van der Waals surface area contributed by atoms with Gasteiger partial charge in [0.15, 0.2) is 11.9 Å². The van der Waals surface area contributed by atoms with Crippen molar-refractivity contribution < 1.29 is 19.3 Å². The molecule has 0 aromatic carbocycles. The van der Waals surface area contributed by atoms with Crippen molar-refractivity contribution in [3.63, 3.8) is 0 Å². The van der Waals surface area contributed by atoms with Crippen molar-refractivity contribution in [2.24, 2.45) is 0 Å². The van der Waals surface area contributed by atoms with Crippen LogP contribution in [0.3, 0.4) is 0 Å². The zero-order valence-corrected chi connectivity index (χ0v) is 12.2. The molecule has 3 rings (SSSR count). The maximum absolute atomic E-state index is 15.3. The lowest BCUT2D eigenvalue weighted by atomic mass is 9.96. The van der Waals surface area contributed by atoms with Gasteiger partial charge >= 0.3 is 0 Å². The van der Waals surface area contributed by atoms with Crippen molar-refractivity contribution >= 4 is 17.0 Å². The summed E-state index contributed by atoms with van der Waals surface area (Å²) in [5.74, 6) is 4.58. The topological polar surface area (TPSA) is 126 Å². The Balaban J connectivity index is 2.20. The molecule has 3 heterocycles. The Kier molecular flexibility index (Phi) is 3.60. The van der Waals surface area contributed by atoms with Crippen LogP contribution in [0.25, 0.3) is 11.0 Å². The second-order valence-electron chi connectivity index (χ2n) is 5.21. The van der Waals surface area contributed by atoms with Gasteiger partial charge in [0.2, 0.25) is 11.6 Å². The molecule has 23 heavy (non-hydrogen) atoms. The molecule has 5 N–H and O–H groups in total. The van der Waals surface area contributed by atoms with E-state index in [-0.39, 0.29) is 17.0 Å². The maximum atomic E-state index is 15.3. The summed E-state index contributed by atoms with van der Waals surface area (Å²) in [6.45, 7) is 0.843. The number of alkyl halides is 1. The number of rotatable bonds is 2. The molecule has 2 aromatic heterocycles. The number of nitrogens with zero attached hydrogens (tertiary/aromatic N) is 2. The van der Waals surface area contributed by atoms with Crippen LogP contribution in [0.4, 0.5) is 10.3 Å². The van der Waals surface area contributed by atoms with Crippen LogP contribution in [0.15, 0.2) is 17.1 Å². The van der Waals surface area contributed by atoms with Gasteiger partial charge in [0.1, 0.15) is 12.2 Å². The van der Waals surface area contributed by atoms with E-state index in [9.17, 15) is 15.0 Å². The van der Waals surface area contributed by atoms with E-state index in [0.717, 1.165) is 0 Å². The Morgan fingerprint density at radius 3 is 3.04 bits per heavy atom. The third-order valence-electron chi connectivity index (χ3n) is 3.79. The monoisotopic (exact) mass is 322 g/mol. The SMILES string of the molecule is CC#C[C@@]1(F)C(O)[C@@H](CO)O[C@H]1n1ccc2c(=O)[nH]c(N)nc21. The number of aliphatic hydroxyl groups excluding tert-OH is 2. The summed E-state index contributed by atoms with van der Waals surface area (Å²) < 4.78 is 21.9. The highest BCUT2D eigenvalue weighted by atomic mass is 19.1. The standard InChI is InChI=1S/C14H15FN4O4/c1-2-4-14(15)9(21)8(6-20)23-12(14)19-5-3-7-10(19)17-13(16)18-11(7)22/h3,5,8-9,12,20-21H,6H2,1H3,(H3,16,17,18,22)/t8-,9?,12-,14-/m1/s1. The van der Waals surface area contributed by atoms with Crippen LogP contribution in [0.5, 0.6) is 0 Å². The zero-order valence-electron chi connectivity index (χ0n) is 12.2. The second kappa shape index (κ2) is 5.34. The van der Waals surface area contributed by atoms with Crippen molar-refractivity contribution in [1.29, 1.82) is 0 Å². The first kappa shape index (κ1) is 15.5. The molecule has 9 heteroatoms. The fraction of sp³-hybridized carbons (Fsp3) is 0.429. The molecule has 0 saturated carbocycles. The average molecular weight is 322 g/mol. The highest BCUT2D eigenvalue weighted by Crippen LogP contribution is 2.42. The molecule has 1 saturated heterocycles. The fourth-order valence-electron chi connectivity index (χ4n) is 2.74. The largest absolute Gasteiger partial charge is 0.394 e. The highest BCUT2D eigenvalue weighted by molar-refractivity contribution is 5.76. The van der Waals surface area contributed by atoms with Gasteiger partial charge in [-0.2, -0.15) is 4.98 Å². The number of anilines is 1. The molecule has 0 aliphatic carbocycles. The first-order chi connectivity index (χ1) is 10.9. The van der Waals surface area contributed by atoms with Crippen LogP contribution in [0.2, 0.25) is 0 Å². The minimum atomic E-state index is -2.47. The lowest BCUT2D eigenvalue weighted by molar-refractivity contribution is -0.0501. The summed E-state index contributed by atoms with van der Waals surface area (Å²) in [4.78, 5) is 18.2. The summed E-state index contributed by atoms with van der Waals surface area (Å²) >= 11 is 0. The van der Waals surface area contributed by atoms with E-state index in [2.05, 4.69) is 21.8 Å². The van der Waals surface area contributed by atoms with Gasteiger partial charge in [-0.15, -0.1) is 5.92 Å². The Hall–Kier alpha value is -2.41. The third kappa shape index (κ3) is 2.19. The molecule has 0 spiro atoms. The molecule has 1 aliphatic rings. The molecule has 0 amide bonds. The predicted molar refractivity (Wildman–Crippen MR) is 79.1 cm³/mol. The predicted octanol–water partition coefficient (Wildman–Crippen LogP) is -0.711. The summed E-state index contributed by atoms with van der Waals surface area (Å²) in [7, 11) is 0. The van der Waals surface area contributed by atoms with Crippen LogP contribution in [-0.2, 0) is 4.74 Å². The molecule has 1 aliphatic heterocycles.